The molecule has 1 aliphatic heterocycles. The van der Waals surface area contributed by atoms with E-state index < -0.39 is 0 Å². The Balaban J connectivity index is 1.92. The van der Waals surface area contributed by atoms with Crippen LogP contribution in [0, 0.1) is 19.8 Å². The van der Waals surface area contributed by atoms with Crippen molar-refractivity contribution in [2.24, 2.45) is 11.0 Å². The minimum absolute atomic E-state index is 0.0475. The first kappa shape index (κ1) is 24.9. The van der Waals surface area contributed by atoms with Crippen molar-refractivity contribution in [2.75, 3.05) is 26.8 Å². The molecule has 1 atom stereocenters. The summed E-state index contributed by atoms with van der Waals surface area (Å²) >= 11 is 6.09. The topological polar surface area (TPSA) is 62.2 Å². The second-order valence-electron chi connectivity index (χ2n) is 8.76. The van der Waals surface area contributed by atoms with Gasteiger partial charge < -0.3 is 9.64 Å². The van der Waals surface area contributed by atoms with Gasteiger partial charge in [0.2, 0.25) is 5.91 Å². The molecule has 0 aromatic heterocycles. The van der Waals surface area contributed by atoms with E-state index in [1.807, 2.05) is 44.2 Å². The summed E-state index contributed by atoms with van der Waals surface area (Å²) in [5.74, 6) is -0.519. The van der Waals surface area contributed by atoms with Crippen molar-refractivity contribution in [3.05, 3.63) is 69.7 Å². The van der Waals surface area contributed by atoms with Crippen LogP contribution >= 0.6 is 11.6 Å². The fraction of sp³-hybridized carbons (Fsp3) is 0.423. The van der Waals surface area contributed by atoms with E-state index in [4.69, 9.17) is 21.4 Å². The molecule has 0 spiro atoms. The number of amides is 2. The normalized spacial score (nSPS) is 15.7. The van der Waals surface area contributed by atoms with Gasteiger partial charge >= 0.3 is 0 Å². The number of hydrogen-bond donors (Lipinski definition) is 0. The van der Waals surface area contributed by atoms with E-state index in [1.165, 1.54) is 16.1 Å². The monoisotopic (exact) mass is 469 g/mol. The molecule has 2 aromatic carbocycles. The molecule has 0 saturated heterocycles. The third-order valence-electron chi connectivity index (χ3n) is 5.96. The van der Waals surface area contributed by atoms with E-state index in [0.29, 0.717) is 24.6 Å². The van der Waals surface area contributed by atoms with Crippen LogP contribution in [-0.4, -0.2) is 54.2 Å². The molecule has 6 nitrogen and oxygen atoms in total. The van der Waals surface area contributed by atoms with Crippen LogP contribution in [0.5, 0.6) is 0 Å². The van der Waals surface area contributed by atoms with Crippen LogP contribution in [0.15, 0.2) is 47.6 Å². The summed E-state index contributed by atoms with van der Waals surface area (Å²) in [6, 6.07) is 13.5. The number of carbonyl (C=O) groups excluding carboxylic acids is 2. The molecule has 0 unspecified atom stereocenters. The highest BCUT2D eigenvalue weighted by Crippen LogP contribution is 2.34. The molecule has 1 aliphatic rings. The van der Waals surface area contributed by atoms with Gasteiger partial charge in [-0.3, -0.25) is 9.59 Å². The van der Waals surface area contributed by atoms with Crippen LogP contribution in [0.3, 0.4) is 0 Å². The minimum atomic E-state index is -0.259. The molecule has 7 heteroatoms. The largest absolute Gasteiger partial charge is 0.383 e. The van der Waals surface area contributed by atoms with Gasteiger partial charge in [-0.2, -0.15) is 5.10 Å². The molecule has 33 heavy (non-hydrogen) atoms. The van der Waals surface area contributed by atoms with Gasteiger partial charge in [0.05, 0.1) is 18.4 Å². The fourth-order valence-corrected chi connectivity index (χ4v) is 3.98. The Morgan fingerprint density at radius 2 is 1.85 bits per heavy atom. The maximum Gasteiger partial charge on any atom is 0.262 e. The fourth-order valence-electron chi connectivity index (χ4n) is 3.85. The molecule has 176 valence electrons. The summed E-state index contributed by atoms with van der Waals surface area (Å²) < 4.78 is 5.15. The highest BCUT2D eigenvalue weighted by molar-refractivity contribution is 6.30. The Morgan fingerprint density at radius 1 is 1.15 bits per heavy atom. The summed E-state index contributed by atoms with van der Waals surface area (Å²) in [7, 11) is 1.58. The predicted molar refractivity (Wildman–Crippen MR) is 131 cm³/mol. The smallest absolute Gasteiger partial charge is 0.262 e. The average Bonchev–Trinajstić information content (AvgIpc) is 3.24. The molecular formula is C26H32ClN3O3. The molecule has 0 fully saturated rings. The van der Waals surface area contributed by atoms with Crippen molar-refractivity contribution in [3.8, 4) is 0 Å². The minimum Gasteiger partial charge on any atom is -0.383 e. The Kier molecular flexibility index (Phi) is 8.27. The van der Waals surface area contributed by atoms with E-state index in [9.17, 15) is 9.59 Å². The van der Waals surface area contributed by atoms with Crippen LogP contribution < -0.4 is 0 Å². The SMILES string of the molecule is COCCN(CC(=O)N1N=C(c2ccc(C)c(C)c2)C[C@H]1c1ccc(Cl)cc1)C(=O)C(C)C. The number of hydrazone groups is 1. The molecular weight excluding hydrogens is 438 g/mol. The molecule has 2 aromatic rings. The lowest BCUT2D eigenvalue weighted by Gasteiger charge is -2.28. The summed E-state index contributed by atoms with van der Waals surface area (Å²) in [6.45, 7) is 8.47. The van der Waals surface area contributed by atoms with Crippen molar-refractivity contribution in [3.63, 3.8) is 0 Å². The van der Waals surface area contributed by atoms with Crippen molar-refractivity contribution in [1.82, 2.24) is 9.91 Å². The molecule has 0 radical (unpaired) electrons. The van der Waals surface area contributed by atoms with Crippen molar-refractivity contribution in [1.29, 1.82) is 0 Å². The quantitative estimate of drug-likeness (QED) is 0.559. The molecule has 0 aliphatic carbocycles. The maximum atomic E-state index is 13.5. The number of aryl methyl sites for hydroxylation is 2. The molecule has 0 bridgehead atoms. The zero-order valence-electron chi connectivity index (χ0n) is 20.0. The second-order valence-corrected chi connectivity index (χ2v) is 9.20. The third kappa shape index (κ3) is 6.01. The van der Waals surface area contributed by atoms with Crippen LogP contribution in [0.2, 0.25) is 5.02 Å². The number of carbonyl (C=O) groups is 2. The van der Waals surface area contributed by atoms with E-state index >= 15 is 0 Å². The number of nitrogens with zero attached hydrogens (tertiary/aromatic N) is 3. The molecule has 1 heterocycles. The Hall–Kier alpha value is -2.70. The average molecular weight is 470 g/mol. The van der Waals surface area contributed by atoms with E-state index in [2.05, 4.69) is 26.0 Å². The van der Waals surface area contributed by atoms with Gasteiger partial charge in [0, 0.05) is 31.0 Å². The number of hydrogen-bond acceptors (Lipinski definition) is 4. The summed E-state index contributed by atoms with van der Waals surface area (Å²) in [5, 5.41) is 6.91. The first-order chi connectivity index (χ1) is 15.7. The number of methoxy groups -OCH3 is 1. The van der Waals surface area contributed by atoms with E-state index in [1.54, 1.807) is 12.0 Å². The lowest BCUT2D eigenvalue weighted by molar-refractivity contribution is -0.143. The summed E-state index contributed by atoms with van der Waals surface area (Å²) in [5.41, 5.74) is 5.19. The van der Waals surface area contributed by atoms with Crippen molar-refractivity contribution >= 4 is 29.1 Å². The Morgan fingerprint density at radius 3 is 2.45 bits per heavy atom. The van der Waals surface area contributed by atoms with Crippen molar-refractivity contribution < 1.29 is 14.3 Å². The van der Waals surface area contributed by atoms with Gasteiger partial charge in [0.25, 0.3) is 5.91 Å². The zero-order valence-corrected chi connectivity index (χ0v) is 20.7. The Labute approximate surface area is 201 Å². The van der Waals surface area contributed by atoms with E-state index in [0.717, 1.165) is 16.8 Å². The molecule has 2 amide bonds. The van der Waals surface area contributed by atoms with Gasteiger partial charge in [-0.15, -0.1) is 0 Å². The number of halogens is 1. The van der Waals surface area contributed by atoms with Crippen LogP contribution in [0.4, 0.5) is 0 Å². The van der Waals surface area contributed by atoms with Gasteiger partial charge in [-0.05, 0) is 54.3 Å². The third-order valence-corrected chi connectivity index (χ3v) is 6.21. The van der Waals surface area contributed by atoms with Gasteiger partial charge in [0.15, 0.2) is 0 Å². The first-order valence-corrected chi connectivity index (χ1v) is 11.6. The number of ether oxygens (including phenoxy) is 1. The number of rotatable bonds is 8. The van der Waals surface area contributed by atoms with Crippen molar-refractivity contribution in [2.45, 2.75) is 40.2 Å². The summed E-state index contributed by atoms with van der Waals surface area (Å²) in [6.07, 6.45) is 0.589. The van der Waals surface area contributed by atoms with Crippen LogP contribution in [-0.2, 0) is 14.3 Å². The predicted octanol–water partition coefficient (Wildman–Crippen LogP) is 4.77. The molecule has 0 N–H and O–H groups in total. The summed E-state index contributed by atoms with van der Waals surface area (Å²) in [4.78, 5) is 27.7. The van der Waals surface area contributed by atoms with Gasteiger partial charge in [0.1, 0.15) is 6.54 Å². The first-order valence-electron chi connectivity index (χ1n) is 11.2. The maximum absolute atomic E-state index is 13.5. The standard InChI is InChI=1S/C26H32ClN3O3/c1-17(2)26(32)29(12-13-33-5)16-25(31)30-24(20-8-10-22(27)11-9-20)15-23(28-30)21-7-6-18(3)19(4)14-21/h6-11,14,17,24H,12-13,15-16H2,1-5H3/t24-/m0/s1. The van der Waals surface area contributed by atoms with Gasteiger partial charge in [-0.25, -0.2) is 5.01 Å². The zero-order chi connectivity index (χ0) is 24.1. The second kappa shape index (κ2) is 10.9. The molecule has 0 saturated carbocycles. The van der Waals surface area contributed by atoms with Gasteiger partial charge in [-0.1, -0.05) is 49.7 Å². The lowest BCUT2D eigenvalue weighted by Crippen LogP contribution is -2.44. The van der Waals surface area contributed by atoms with Crippen LogP contribution in [0.1, 0.15) is 48.6 Å². The molecule has 3 rings (SSSR count). The Bertz CT molecular complexity index is 1030. The highest BCUT2D eigenvalue weighted by atomic mass is 35.5. The lowest BCUT2D eigenvalue weighted by atomic mass is 9.96. The number of benzene rings is 2. The highest BCUT2D eigenvalue weighted by Gasteiger charge is 2.34. The van der Waals surface area contributed by atoms with Crippen LogP contribution in [0.25, 0.3) is 0 Å². The van der Waals surface area contributed by atoms with E-state index in [-0.39, 0.29) is 30.3 Å².